The van der Waals surface area contributed by atoms with Crippen LogP contribution in [-0.4, -0.2) is 32.4 Å². The largest absolute Gasteiger partial charge is 0.330 e. The van der Waals surface area contributed by atoms with E-state index in [9.17, 15) is 13.7 Å². The van der Waals surface area contributed by atoms with Crippen molar-refractivity contribution < 1.29 is 8.42 Å². The minimum atomic E-state index is -3.73. The van der Waals surface area contributed by atoms with Gasteiger partial charge in [-0.3, -0.25) is 0 Å². The molecule has 1 fully saturated rings. The highest BCUT2D eigenvalue weighted by atomic mass is 35.5. The Balaban J connectivity index is 0.00000243. The maximum absolute atomic E-state index is 13.1. The van der Waals surface area contributed by atoms with E-state index in [2.05, 4.69) is 0 Å². The van der Waals surface area contributed by atoms with E-state index in [1.165, 1.54) is 10.4 Å². The van der Waals surface area contributed by atoms with Gasteiger partial charge in [0.15, 0.2) is 0 Å². The molecular weight excluding hydrogens is 370 g/mol. The fourth-order valence-corrected chi connectivity index (χ4v) is 5.22. The molecule has 1 aliphatic rings. The molecule has 1 saturated heterocycles. The lowest BCUT2D eigenvalue weighted by molar-refractivity contribution is 0.458. The first-order chi connectivity index (χ1) is 12.0. The number of hydrogen-bond donors (Lipinski definition) is 1. The normalized spacial score (nSPS) is 20.3. The molecule has 0 unspecified atom stereocenters. The lowest BCUT2D eigenvalue weighted by Gasteiger charge is -2.18. The van der Waals surface area contributed by atoms with Gasteiger partial charge in [-0.15, -0.1) is 12.4 Å². The van der Waals surface area contributed by atoms with Crippen LogP contribution >= 0.6 is 12.4 Å². The van der Waals surface area contributed by atoms with Crippen LogP contribution in [0.2, 0.25) is 0 Å². The third-order valence-corrected chi connectivity index (χ3v) is 6.78. The molecule has 0 spiro atoms. The van der Waals surface area contributed by atoms with Crippen LogP contribution in [0, 0.1) is 24.2 Å². The number of benzene rings is 2. The first-order valence-corrected chi connectivity index (χ1v) is 9.68. The van der Waals surface area contributed by atoms with Crippen molar-refractivity contribution in [3.8, 4) is 6.07 Å². The molecule has 7 heteroatoms. The van der Waals surface area contributed by atoms with Crippen molar-refractivity contribution in [2.24, 2.45) is 11.7 Å². The van der Waals surface area contributed by atoms with Crippen LogP contribution in [0.5, 0.6) is 0 Å². The average molecular weight is 392 g/mol. The minimum Gasteiger partial charge on any atom is -0.330 e. The second-order valence-electron chi connectivity index (χ2n) is 6.39. The highest BCUT2D eigenvalue weighted by Crippen LogP contribution is 2.35. The summed E-state index contributed by atoms with van der Waals surface area (Å²) in [7, 11) is -3.73. The summed E-state index contributed by atoms with van der Waals surface area (Å²) in [5, 5.41) is 9.38. The Kier molecular flexibility index (Phi) is 6.43. The molecule has 1 aliphatic heterocycles. The highest BCUT2D eigenvalue weighted by Gasteiger charge is 2.40. The van der Waals surface area contributed by atoms with Gasteiger partial charge < -0.3 is 5.73 Å². The van der Waals surface area contributed by atoms with Gasteiger partial charge in [0.1, 0.15) is 11.0 Å². The molecular formula is C19H22ClN3O2S. The van der Waals surface area contributed by atoms with Crippen LogP contribution in [0.1, 0.15) is 22.6 Å². The minimum absolute atomic E-state index is 0. The van der Waals surface area contributed by atoms with Gasteiger partial charge >= 0.3 is 0 Å². The fourth-order valence-electron chi connectivity index (χ4n) is 3.48. The summed E-state index contributed by atoms with van der Waals surface area (Å²) in [6, 6.07) is 16.8. The molecule has 0 radical (unpaired) electrons. The van der Waals surface area contributed by atoms with E-state index in [-0.39, 0.29) is 34.7 Å². The predicted molar refractivity (Wildman–Crippen MR) is 104 cm³/mol. The zero-order valence-corrected chi connectivity index (χ0v) is 16.1. The number of rotatable bonds is 4. The molecule has 0 bridgehead atoms. The van der Waals surface area contributed by atoms with Gasteiger partial charge in [0, 0.05) is 19.0 Å². The van der Waals surface area contributed by atoms with E-state index < -0.39 is 10.0 Å². The van der Waals surface area contributed by atoms with E-state index in [0.717, 1.165) is 5.56 Å². The summed E-state index contributed by atoms with van der Waals surface area (Å²) in [6.07, 6.45) is 0. The number of aryl methyl sites for hydroxylation is 1. The Hall–Kier alpha value is -1.91. The summed E-state index contributed by atoms with van der Waals surface area (Å²) < 4.78 is 27.7. The number of nitriles is 1. The van der Waals surface area contributed by atoms with E-state index in [0.29, 0.717) is 25.2 Å². The van der Waals surface area contributed by atoms with E-state index in [4.69, 9.17) is 5.73 Å². The molecule has 0 aromatic heterocycles. The van der Waals surface area contributed by atoms with Crippen molar-refractivity contribution >= 4 is 22.4 Å². The van der Waals surface area contributed by atoms with Crippen molar-refractivity contribution in [3.05, 3.63) is 65.2 Å². The summed E-state index contributed by atoms with van der Waals surface area (Å²) >= 11 is 0. The van der Waals surface area contributed by atoms with Crippen LogP contribution in [-0.2, 0) is 10.0 Å². The Morgan fingerprint density at radius 3 is 2.46 bits per heavy atom. The van der Waals surface area contributed by atoms with Gasteiger partial charge in [-0.25, -0.2) is 8.42 Å². The van der Waals surface area contributed by atoms with Crippen molar-refractivity contribution in [3.63, 3.8) is 0 Å². The summed E-state index contributed by atoms with van der Waals surface area (Å²) in [5.74, 6) is 0.129. The lowest BCUT2D eigenvalue weighted by atomic mass is 9.89. The van der Waals surface area contributed by atoms with Crippen LogP contribution in [0.15, 0.2) is 53.4 Å². The third-order valence-electron chi connectivity index (χ3n) is 4.90. The first kappa shape index (κ1) is 20.4. The second kappa shape index (κ2) is 8.19. The molecule has 0 amide bonds. The van der Waals surface area contributed by atoms with Crippen LogP contribution < -0.4 is 5.73 Å². The second-order valence-corrected chi connectivity index (χ2v) is 8.30. The third kappa shape index (κ3) is 3.62. The molecule has 2 aromatic carbocycles. The molecule has 0 aliphatic carbocycles. The SMILES string of the molecule is Cc1cccc(S(=O)(=O)N2C[C@@H](CN)[C@H](c3ccccc3)C2)c1C#N.Cl. The van der Waals surface area contributed by atoms with Crippen LogP contribution in [0.25, 0.3) is 0 Å². The van der Waals surface area contributed by atoms with Crippen molar-refractivity contribution in [1.29, 1.82) is 5.26 Å². The van der Waals surface area contributed by atoms with Gasteiger partial charge in [0.2, 0.25) is 10.0 Å². The van der Waals surface area contributed by atoms with Crippen LogP contribution in [0.3, 0.4) is 0 Å². The zero-order chi connectivity index (χ0) is 18.0. The molecule has 0 saturated carbocycles. The summed E-state index contributed by atoms with van der Waals surface area (Å²) in [6.45, 7) is 2.92. The quantitative estimate of drug-likeness (QED) is 0.867. The van der Waals surface area contributed by atoms with Gasteiger partial charge in [-0.2, -0.15) is 9.57 Å². The van der Waals surface area contributed by atoms with Gasteiger partial charge in [0.05, 0.1) is 5.56 Å². The molecule has 2 N–H and O–H groups in total. The van der Waals surface area contributed by atoms with Gasteiger partial charge in [-0.1, -0.05) is 42.5 Å². The highest BCUT2D eigenvalue weighted by molar-refractivity contribution is 7.89. The zero-order valence-electron chi connectivity index (χ0n) is 14.5. The van der Waals surface area contributed by atoms with Gasteiger partial charge in [-0.05, 0) is 36.6 Å². The van der Waals surface area contributed by atoms with Crippen molar-refractivity contribution in [2.45, 2.75) is 17.7 Å². The predicted octanol–water partition coefficient (Wildman–Crippen LogP) is 2.65. The van der Waals surface area contributed by atoms with E-state index in [1.807, 2.05) is 36.4 Å². The van der Waals surface area contributed by atoms with Crippen LogP contribution in [0.4, 0.5) is 0 Å². The molecule has 1 heterocycles. The Morgan fingerprint density at radius 2 is 1.85 bits per heavy atom. The topological polar surface area (TPSA) is 87.2 Å². The van der Waals surface area contributed by atoms with Crippen molar-refractivity contribution in [1.82, 2.24) is 4.31 Å². The molecule has 138 valence electrons. The summed E-state index contributed by atoms with van der Waals surface area (Å²) in [4.78, 5) is 0.0829. The number of halogens is 1. The van der Waals surface area contributed by atoms with E-state index >= 15 is 0 Å². The monoisotopic (exact) mass is 391 g/mol. The molecule has 3 rings (SSSR count). The van der Waals surface area contributed by atoms with Crippen molar-refractivity contribution in [2.75, 3.05) is 19.6 Å². The Morgan fingerprint density at radius 1 is 1.15 bits per heavy atom. The smallest absolute Gasteiger partial charge is 0.244 e. The molecule has 5 nitrogen and oxygen atoms in total. The average Bonchev–Trinajstić information content (AvgIpc) is 3.07. The molecule has 2 aromatic rings. The number of nitrogens with zero attached hydrogens (tertiary/aromatic N) is 2. The number of nitrogens with two attached hydrogens (primary N) is 1. The maximum atomic E-state index is 13.1. The number of hydrogen-bond acceptors (Lipinski definition) is 4. The Bertz CT molecular complexity index is 910. The molecule has 26 heavy (non-hydrogen) atoms. The first-order valence-electron chi connectivity index (χ1n) is 8.24. The van der Waals surface area contributed by atoms with Gasteiger partial charge in [0.25, 0.3) is 0 Å². The standard InChI is InChI=1S/C19H21N3O2S.ClH/c1-14-6-5-9-19(17(14)11-21)25(23,24)22-12-16(10-20)18(13-22)15-7-3-2-4-8-15;/h2-9,16,18H,10,12-13,20H2,1H3;1H/t16-,18+;/m1./s1. The number of sulfonamides is 1. The lowest BCUT2D eigenvalue weighted by Crippen LogP contribution is -2.30. The fraction of sp³-hybridized carbons (Fsp3) is 0.316. The Labute approximate surface area is 160 Å². The maximum Gasteiger partial charge on any atom is 0.244 e. The van der Waals surface area contributed by atoms with E-state index in [1.54, 1.807) is 19.1 Å². The molecule has 2 atom stereocenters. The summed E-state index contributed by atoms with van der Waals surface area (Å²) in [5.41, 5.74) is 7.89.